The fourth-order valence-electron chi connectivity index (χ4n) is 3.21. The van der Waals surface area contributed by atoms with Crippen LogP contribution in [0.25, 0.3) is 5.69 Å². The van der Waals surface area contributed by atoms with Crippen LogP contribution in [0.5, 0.6) is 0 Å². The van der Waals surface area contributed by atoms with E-state index in [1.165, 1.54) is 0 Å². The van der Waals surface area contributed by atoms with Crippen molar-refractivity contribution in [2.75, 3.05) is 44.7 Å². The molecule has 0 aliphatic carbocycles. The third-order valence-corrected chi connectivity index (χ3v) is 4.53. The average molecular weight is 342 g/mol. The maximum atomic E-state index is 12.3. The van der Waals surface area contributed by atoms with Gasteiger partial charge in [-0.25, -0.2) is 4.98 Å². The van der Waals surface area contributed by atoms with Gasteiger partial charge < -0.3 is 10.1 Å². The van der Waals surface area contributed by atoms with Gasteiger partial charge in [-0.1, -0.05) is 0 Å². The molecule has 1 N–H and O–H groups in total. The zero-order valence-electron chi connectivity index (χ0n) is 15.2. The highest BCUT2D eigenvalue weighted by Gasteiger charge is 2.10. The summed E-state index contributed by atoms with van der Waals surface area (Å²) in [5, 5.41) is 3.49. The summed E-state index contributed by atoms with van der Waals surface area (Å²) in [6, 6.07) is 7.60. The smallest absolute Gasteiger partial charge is 0.258 e. The number of nitrogens with one attached hydrogen (secondary N) is 1. The Morgan fingerprint density at radius 2 is 1.92 bits per heavy atom. The summed E-state index contributed by atoms with van der Waals surface area (Å²) in [5.41, 5.74) is 3.77. The molecule has 2 heterocycles. The van der Waals surface area contributed by atoms with E-state index in [0.29, 0.717) is 5.82 Å². The highest BCUT2D eigenvalue weighted by atomic mass is 16.5. The highest BCUT2D eigenvalue weighted by molar-refractivity contribution is 5.55. The second kappa shape index (κ2) is 7.80. The van der Waals surface area contributed by atoms with E-state index < -0.39 is 0 Å². The minimum atomic E-state index is -0.0440. The quantitative estimate of drug-likeness (QED) is 0.899. The zero-order valence-corrected chi connectivity index (χ0v) is 15.2. The summed E-state index contributed by atoms with van der Waals surface area (Å²) in [5.74, 6) is 0.706. The van der Waals surface area contributed by atoms with E-state index in [1.54, 1.807) is 10.6 Å². The van der Waals surface area contributed by atoms with Crippen molar-refractivity contribution in [1.82, 2.24) is 14.5 Å². The average Bonchev–Trinajstić information content (AvgIpc) is 2.57. The topological polar surface area (TPSA) is 59.4 Å². The van der Waals surface area contributed by atoms with Gasteiger partial charge in [0, 0.05) is 43.6 Å². The normalized spacial score (nSPS) is 15.3. The fraction of sp³-hybridized carbons (Fsp3) is 0.474. The number of anilines is 1. The van der Waals surface area contributed by atoms with Gasteiger partial charge in [-0.15, -0.1) is 0 Å². The molecular formula is C19H26N4O2. The number of aromatic nitrogens is 2. The van der Waals surface area contributed by atoms with Crippen molar-refractivity contribution in [1.29, 1.82) is 0 Å². The van der Waals surface area contributed by atoms with E-state index in [1.807, 2.05) is 32.0 Å². The standard InChI is InChI=1S/C19H26N4O2/c1-14-12-17(23-16(3)21-15(2)13-19(23)24)4-5-18(14)20-6-7-22-8-10-25-11-9-22/h4-5,12-13,20H,6-11H2,1-3H3. The van der Waals surface area contributed by atoms with E-state index in [9.17, 15) is 4.79 Å². The van der Waals surface area contributed by atoms with Crippen LogP contribution in [0, 0.1) is 20.8 Å². The summed E-state index contributed by atoms with van der Waals surface area (Å²) in [6.45, 7) is 11.3. The first-order chi connectivity index (χ1) is 12.0. The number of benzene rings is 1. The first kappa shape index (κ1) is 17.6. The van der Waals surface area contributed by atoms with Crippen molar-refractivity contribution in [3.63, 3.8) is 0 Å². The van der Waals surface area contributed by atoms with Crippen LogP contribution in [0.1, 0.15) is 17.1 Å². The van der Waals surface area contributed by atoms with Crippen molar-refractivity contribution in [3.8, 4) is 5.69 Å². The summed E-state index contributed by atoms with van der Waals surface area (Å²) in [7, 11) is 0. The molecule has 6 heteroatoms. The van der Waals surface area contributed by atoms with Crippen molar-refractivity contribution in [3.05, 3.63) is 51.7 Å². The van der Waals surface area contributed by atoms with E-state index in [-0.39, 0.29) is 5.56 Å². The Labute approximate surface area is 148 Å². The van der Waals surface area contributed by atoms with Crippen molar-refractivity contribution >= 4 is 5.69 Å². The number of morpholine rings is 1. The lowest BCUT2D eigenvalue weighted by Crippen LogP contribution is -2.39. The Hall–Kier alpha value is -2.18. The summed E-state index contributed by atoms with van der Waals surface area (Å²) >= 11 is 0. The van der Waals surface area contributed by atoms with Crippen LogP contribution in [-0.2, 0) is 4.74 Å². The predicted octanol–water partition coefficient (Wildman–Crippen LogP) is 1.90. The Morgan fingerprint density at radius 1 is 1.16 bits per heavy atom. The van der Waals surface area contributed by atoms with Crippen molar-refractivity contribution in [2.45, 2.75) is 20.8 Å². The van der Waals surface area contributed by atoms with Crippen LogP contribution in [0.15, 0.2) is 29.1 Å². The van der Waals surface area contributed by atoms with Gasteiger partial charge in [0.2, 0.25) is 0 Å². The van der Waals surface area contributed by atoms with Crippen LogP contribution in [0.4, 0.5) is 5.69 Å². The van der Waals surface area contributed by atoms with Crippen LogP contribution in [0.2, 0.25) is 0 Å². The van der Waals surface area contributed by atoms with Gasteiger partial charge in [0.15, 0.2) is 0 Å². The van der Waals surface area contributed by atoms with Gasteiger partial charge in [0.05, 0.1) is 18.9 Å². The molecule has 1 aromatic heterocycles. The molecule has 6 nitrogen and oxygen atoms in total. The Kier molecular flexibility index (Phi) is 5.50. The van der Waals surface area contributed by atoms with Crippen LogP contribution >= 0.6 is 0 Å². The molecule has 1 saturated heterocycles. The molecule has 1 aliphatic rings. The van der Waals surface area contributed by atoms with Gasteiger partial charge >= 0.3 is 0 Å². The lowest BCUT2D eigenvalue weighted by Gasteiger charge is -2.26. The molecular weight excluding hydrogens is 316 g/mol. The van der Waals surface area contributed by atoms with Crippen LogP contribution in [-0.4, -0.2) is 53.8 Å². The molecule has 0 spiro atoms. The number of hydrogen-bond donors (Lipinski definition) is 1. The number of ether oxygens (including phenoxy) is 1. The van der Waals surface area contributed by atoms with Gasteiger partial charge in [-0.05, 0) is 44.5 Å². The number of rotatable bonds is 5. The third kappa shape index (κ3) is 4.27. The molecule has 0 radical (unpaired) electrons. The molecule has 2 aromatic rings. The number of hydrogen-bond acceptors (Lipinski definition) is 5. The molecule has 0 bridgehead atoms. The van der Waals surface area contributed by atoms with Gasteiger partial charge in [-0.3, -0.25) is 14.3 Å². The van der Waals surface area contributed by atoms with E-state index in [0.717, 1.165) is 62.0 Å². The Morgan fingerprint density at radius 3 is 2.60 bits per heavy atom. The SMILES string of the molecule is Cc1cc(=O)n(-c2ccc(NCCN3CCOCC3)c(C)c2)c(C)n1. The lowest BCUT2D eigenvalue weighted by atomic mass is 10.1. The molecule has 1 aromatic carbocycles. The molecule has 0 atom stereocenters. The maximum Gasteiger partial charge on any atom is 0.258 e. The summed E-state index contributed by atoms with van der Waals surface area (Å²) < 4.78 is 7.02. The first-order valence-electron chi connectivity index (χ1n) is 8.77. The molecule has 134 valence electrons. The molecule has 3 rings (SSSR count). The molecule has 0 amide bonds. The lowest BCUT2D eigenvalue weighted by molar-refractivity contribution is 0.0398. The molecule has 0 unspecified atom stereocenters. The van der Waals surface area contributed by atoms with E-state index in [2.05, 4.69) is 22.1 Å². The number of nitrogens with zero attached hydrogens (tertiary/aromatic N) is 3. The second-order valence-electron chi connectivity index (χ2n) is 6.50. The highest BCUT2D eigenvalue weighted by Crippen LogP contribution is 2.19. The van der Waals surface area contributed by atoms with Crippen molar-refractivity contribution in [2.24, 2.45) is 0 Å². The molecule has 1 aliphatic heterocycles. The molecule has 25 heavy (non-hydrogen) atoms. The molecule has 1 fully saturated rings. The maximum absolute atomic E-state index is 12.3. The van der Waals surface area contributed by atoms with Gasteiger partial charge in [-0.2, -0.15) is 0 Å². The minimum absolute atomic E-state index is 0.0440. The van der Waals surface area contributed by atoms with Gasteiger partial charge in [0.25, 0.3) is 5.56 Å². The van der Waals surface area contributed by atoms with Gasteiger partial charge in [0.1, 0.15) is 5.82 Å². The fourth-order valence-corrected chi connectivity index (χ4v) is 3.21. The second-order valence-corrected chi connectivity index (χ2v) is 6.50. The number of aryl methyl sites for hydroxylation is 3. The van der Waals surface area contributed by atoms with E-state index >= 15 is 0 Å². The summed E-state index contributed by atoms with van der Waals surface area (Å²) in [6.07, 6.45) is 0. The van der Waals surface area contributed by atoms with Crippen LogP contribution in [0.3, 0.4) is 0 Å². The first-order valence-corrected chi connectivity index (χ1v) is 8.77. The van der Waals surface area contributed by atoms with Crippen molar-refractivity contribution < 1.29 is 4.74 Å². The predicted molar refractivity (Wildman–Crippen MR) is 99.8 cm³/mol. The Balaban J connectivity index is 1.70. The van der Waals surface area contributed by atoms with Crippen LogP contribution < -0.4 is 10.9 Å². The third-order valence-electron chi connectivity index (χ3n) is 4.53. The minimum Gasteiger partial charge on any atom is -0.384 e. The zero-order chi connectivity index (χ0) is 17.8. The monoisotopic (exact) mass is 342 g/mol. The summed E-state index contributed by atoms with van der Waals surface area (Å²) in [4.78, 5) is 19.1. The van der Waals surface area contributed by atoms with E-state index in [4.69, 9.17) is 4.74 Å². The Bertz CT molecular complexity index is 794. The largest absolute Gasteiger partial charge is 0.384 e. The molecule has 0 saturated carbocycles.